The van der Waals surface area contributed by atoms with Crippen molar-refractivity contribution in [3.05, 3.63) is 71.3 Å². The van der Waals surface area contributed by atoms with Gasteiger partial charge in [0.1, 0.15) is 12.1 Å². The lowest BCUT2D eigenvalue weighted by Gasteiger charge is -2.23. The number of rotatable bonds is 14. The summed E-state index contributed by atoms with van der Waals surface area (Å²) in [6.07, 6.45) is 3.15. The minimum atomic E-state index is -3.88. The minimum absolute atomic E-state index is 0.0170. The molecule has 2 aromatic rings. The molecule has 0 unspecified atom stereocenters. The van der Waals surface area contributed by atoms with Crippen LogP contribution in [-0.2, 0) is 48.8 Å². The second-order valence-corrected chi connectivity index (χ2v) is 11.5. The summed E-state index contributed by atoms with van der Waals surface area (Å²) in [6, 6.07) is 14.4. The van der Waals surface area contributed by atoms with Gasteiger partial charge in [-0.1, -0.05) is 74.4 Å². The highest BCUT2D eigenvalue weighted by Gasteiger charge is 2.33. The molecule has 1 aliphatic rings. The SMILES string of the molecule is CCCCCNC(=O)[C@H](Cc1cccc(CN2CC(=O)NS2(=O)=O)c1)NC(=O)[C@H](Cc1ccccc1)NC(C)=O. The number of carbonyl (C=O) groups excluding carboxylic acids is 4. The number of hydrogen-bond acceptors (Lipinski definition) is 6. The molecule has 3 rings (SSSR count). The number of hydrogen-bond donors (Lipinski definition) is 4. The average molecular weight is 572 g/mol. The molecule has 0 radical (unpaired) electrons. The third-order valence-corrected chi connectivity index (χ3v) is 7.81. The van der Waals surface area contributed by atoms with E-state index in [1.54, 1.807) is 24.3 Å². The van der Waals surface area contributed by atoms with Crippen LogP contribution in [0.25, 0.3) is 0 Å². The third kappa shape index (κ3) is 9.45. The molecule has 1 saturated heterocycles. The van der Waals surface area contributed by atoms with Gasteiger partial charge in [-0.3, -0.25) is 19.2 Å². The van der Waals surface area contributed by atoms with Crippen LogP contribution in [0.4, 0.5) is 0 Å². The lowest BCUT2D eigenvalue weighted by molar-refractivity contribution is -0.131. The molecule has 0 spiro atoms. The zero-order chi connectivity index (χ0) is 29.1. The molecule has 0 bridgehead atoms. The summed E-state index contributed by atoms with van der Waals surface area (Å²) in [7, 11) is -3.88. The van der Waals surface area contributed by atoms with Gasteiger partial charge < -0.3 is 16.0 Å². The van der Waals surface area contributed by atoms with Crippen LogP contribution in [0.1, 0.15) is 49.8 Å². The molecule has 0 saturated carbocycles. The van der Waals surface area contributed by atoms with Crippen molar-refractivity contribution in [1.29, 1.82) is 0 Å². The highest BCUT2D eigenvalue weighted by Crippen LogP contribution is 2.15. The predicted molar refractivity (Wildman–Crippen MR) is 150 cm³/mol. The molecule has 11 nitrogen and oxygen atoms in total. The predicted octanol–water partition coefficient (Wildman–Crippen LogP) is 0.944. The van der Waals surface area contributed by atoms with Crippen LogP contribution in [-0.4, -0.2) is 61.5 Å². The Morgan fingerprint density at radius 2 is 1.55 bits per heavy atom. The van der Waals surface area contributed by atoms with Crippen molar-refractivity contribution in [3.8, 4) is 0 Å². The number of carbonyl (C=O) groups is 4. The van der Waals surface area contributed by atoms with Crippen LogP contribution in [0.5, 0.6) is 0 Å². The number of unbranched alkanes of at least 4 members (excludes halogenated alkanes) is 2. The first-order valence-corrected chi connectivity index (χ1v) is 14.8. The third-order valence-electron chi connectivity index (χ3n) is 6.38. The highest BCUT2D eigenvalue weighted by atomic mass is 32.2. The van der Waals surface area contributed by atoms with Crippen LogP contribution in [0.15, 0.2) is 54.6 Å². The van der Waals surface area contributed by atoms with Crippen molar-refractivity contribution in [2.45, 2.75) is 64.6 Å². The second kappa shape index (κ2) is 14.6. The molecule has 216 valence electrons. The van der Waals surface area contributed by atoms with Crippen LogP contribution in [0.3, 0.4) is 0 Å². The first kappa shape index (κ1) is 30.8. The van der Waals surface area contributed by atoms with Crippen molar-refractivity contribution in [2.24, 2.45) is 0 Å². The number of amides is 4. The van der Waals surface area contributed by atoms with Gasteiger partial charge in [0.2, 0.25) is 23.6 Å². The topological polar surface area (TPSA) is 154 Å². The molecule has 4 amide bonds. The van der Waals surface area contributed by atoms with E-state index in [4.69, 9.17) is 0 Å². The molecule has 1 heterocycles. The molecule has 2 atom stereocenters. The van der Waals surface area contributed by atoms with Crippen LogP contribution in [0, 0.1) is 0 Å². The van der Waals surface area contributed by atoms with Crippen molar-refractivity contribution >= 4 is 33.8 Å². The monoisotopic (exact) mass is 571 g/mol. The fourth-order valence-electron chi connectivity index (χ4n) is 4.42. The minimum Gasteiger partial charge on any atom is -0.354 e. The summed E-state index contributed by atoms with van der Waals surface area (Å²) < 4.78 is 27.2. The molecule has 0 aromatic heterocycles. The zero-order valence-electron chi connectivity index (χ0n) is 22.8. The van der Waals surface area contributed by atoms with Crippen LogP contribution >= 0.6 is 0 Å². The van der Waals surface area contributed by atoms with E-state index < -0.39 is 34.1 Å². The van der Waals surface area contributed by atoms with Crippen LogP contribution in [0.2, 0.25) is 0 Å². The molecule has 0 aliphatic carbocycles. The quantitative estimate of drug-likeness (QED) is 0.248. The fraction of sp³-hybridized carbons (Fsp3) is 0.429. The summed E-state index contributed by atoms with van der Waals surface area (Å²) in [5, 5.41) is 8.38. The van der Waals surface area contributed by atoms with E-state index in [1.165, 1.54) is 6.92 Å². The molecule has 2 aromatic carbocycles. The van der Waals surface area contributed by atoms with Crippen LogP contribution < -0.4 is 20.7 Å². The Bertz CT molecular complexity index is 1300. The lowest BCUT2D eigenvalue weighted by atomic mass is 10.0. The van der Waals surface area contributed by atoms with E-state index >= 15 is 0 Å². The number of benzene rings is 2. The normalized spacial score (nSPS) is 16.0. The van der Waals surface area contributed by atoms with E-state index in [-0.39, 0.29) is 37.7 Å². The molecule has 4 N–H and O–H groups in total. The van der Waals surface area contributed by atoms with Gasteiger partial charge in [-0.2, -0.15) is 12.7 Å². The highest BCUT2D eigenvalue weighted by molar-refractivity contribution is 7.88. The van der Waals surface area contributed by atoms with Gasteiger partial charge in [-0.05, 0) is 23.1 Å². The zero-order valence-corrected chi connectivity index (χ0v) is 23.6. The van der Waals surface area contributed by atoms with Gasteiger partial charge >= 0.3 is 10.2 Å². The van der Waals surface area contributed by atoms with E-state index in [9.17, 15) is 27.6 Å². The van der Waals surface area contributed by atoms with Gasteiger partial charge in [0.15, 0.2) is 0 Å². The Balaban J connectivity index is 1.77. The second-order valence-electron chi connectivity index (χ2n) is 9.82. The van der Waals surface area contributed by atoms with Gasteiger partial charge in [0.25, 0.3) is 0 Å². The Morgan fingerprint density at radius 3 is 2.20 bits per heavy atom. The summed E-state index contributed by atoms with van der Waals surface area (Å²) >= 11 is 0. The summed E-state index contributed by atoms with van der Waals surface area (Å²) in [4.78, 5) is 50.0. The molecule has 1 fully saturated rings. The summed E-state index contributed by atoms with van der Waals surface area (Å²) in [5.74, 6) is -1.80. The molecule has 40 heavy (non-hydrogen) atoms. The Kier molecular flexibility index (Phi) is 11.2. The van der Waals surface area contributed by atoms with Gasteiger partial charge in [-0.25, -0.2) is 4.72 Å². The van der Waals surface area contributed by atoms with Crippen molar-refractivity contribution in [2.75, 3.05) is 13.1 Å². The molecular formula is C28H37N5O6S. The lowest BCUT2D eigenvalue weighted by Crippen LogP contribution is -2.55. The first-order chi connectivity index (χ1) is 19.1. The van der Waals surface area contributed by atoms with E-state index in [0.717, 1.165) is 29.1 Å². The fourth-order valence-corrected chi connectivity index (χ4v) is 5.50. The van der Waals surface area contributed by atoms with Crippen molar-refractivity contribution < 1.29 is 27.6 Å². The number of nitrogens with zero attached hydrogens (tertiary/aromatic N) is 1. The van der Waals surface area contributed by atoms with Gasteiger partial charge in [-0.15, -0.1) is 0 Å². The maximum atomic E-state index is 13.3. The summed E-state index contributed by atoms with van der Waals surface area (Å²) in [5.41, 5.74) is 2.18. The number of nitrogens with one attached hydrogen (secondary N) is 4. The maximum Gasteiger partial charge on any atom is 0.304 e. The maximum absolute atomic E-state index is 13.3. The standard InChI is InChI=1S/C28H37N5O6S/c1-3-4-8-14-29-27(36)24(31-28(37)25(30-20(2)34)16-21-10-6-5-7-11-21)17-22-12-9-13-23(15-22)18-33-19-26(35)32-40(33,38)39/h5-7,9-13,15,24-25H,3-4,8,14,16-19H2,1-2H3,(H,29,36)(H,30,34)(H,31,37)(H,32,35)/t24-,25-/m0/s1. The van der Waals surface area contributed by atoms with E-state index in [1.807, 2.05) is 35.1 Å². The molecular weight excluding hydrogens is 534 g/mol. The first-order valence-electron chi connectivity index (χ1n) is 13.3. The largest absolute Gasteiger partial charge is 0.354 e. The van der Waals surface area contributed by atoms with Crippen molar-refractivity contribution in [3.63, 3.8) is 0 Å². The van der Waals surface area contributed by atoms with Gasteiger partial charge in [0, 0.05) is 32.9 Å². The Hall–Kier alpha value is -3.77. The Labute approximate surface area is 235 Å². The average Bonchev–Trinajstić information content (AvgIpc) is 3.16. The van der Waals surface area contributed by atoms with Crippen molar-refractivity contribution in [1.82, 2.24) is 25.0 Å². The van der Waals surface area contributed by atoms with E-state index in [2.05, 4.69) is 22.9 Å². The van der Waals surface area contributed by atoms with Gasteiger partial charge in [0.05, 0.1) is 6.54 Å². The molecule has 12 heteroatoms. The summed E-state index contributed by atoms with van der Waals surface area (Å²) in [6.45, 7) is 3.57. The Morgan fingerprint density at radius 1 is 0.900 bits per heavy atom. The molecule has 1 aliphatic heterocycles. The van der Waals surface area contributed by atoms with E-state index in [0.29, 0.717) is 17.7 Å². The smallest absolute Gasteiger partial charge is 0.304 e.